The minimum absolute atomic E-state index is 0.0634. The molecule has 3 aromatic heterocycles. The summed E-state index contributed by atoms with van der Waals surface area (Å²) in [4.78, 5) is 21.0. The van der Waals surface area contributed by atoms with Gasteiger partial charge < -0.3 is 18.6 Å². The van der Waals surface area contributed by atoms with Crippen molar-refractivity contribution in [1.29, 1.82) is 5.26 Å². The van der Waals surface area contributed by atoms with Crippen LogP contribution in [0.3, 0.4) is 0 Å². The van der Waals surface area contributed by atoms with Crippen LogP contribution in [0.1, 0.15) is 21.1 Å². The molecule has 132 valence electrons. The molecule has 4 heterocycles. The third kappa shape index (κ3) is 2.82. The first-order chi connectivity index (χ1) is 12.7. The lowest BCUT2D eigenvalue weighted by molar-refractivity contribution is 0.0749. The summed E-state index contributed by atoms with van der Waals surface area (Å²) in [5, 5.41) is 13.2. The lowest BCUT2D eigenvalue weighted by atomic mass is 10.2. The third-order valence-electron chi connectivity index (χ3n) is 4.15. The smallest absolute Gasteiger partial charge is 0.267 e. The number of nitriles is 1. The summed E-state index contributed by atoms with van der Waals surface area (Å²) in [6, 6.07) is 5.50. The number of piperazine rings is 1. The molecule has 0 N–H and O–H groups in total. The molecule has 1 fully saturated rings. The zero-order valence-electron chi connectivity index (χ0n) is 13.9. The van der Waals surface area contributed by atoms with Crippen molar-refractivity contribution in [2.24, 2.45) is 0 Å². The molecule has 0 saturated carbocycles. The van der Waals surface area contributed by atoms with Gasteiger partial charge in [0.2, 0.25) is 11.6 Å². The second-order valence-electron chi connectivity index (χ2n) is 5.73. The van der Waals surface area contributed by atoms with Gasteiger partial charge in [-0.15, -0.1) is 5.10 Å². The van der Waals surface area contributed by atoms with Gasteiger partial charge in [-0.3, -0.25) is 4.79 Å². The summed E-state index contributed by atoms with van der Waals surface area (Å²) in [5.74, 6) is 1.08. The van der Waals surface area contributed by atoms with Gasteiger partial charge in [0.1, 0.15) is 10.9 Å². The van der Waals surface area contributed by atoms with E-state index >= 15 is 0 Å². The first kappa shape index (κ1) is 16.3. The van der Waals surface area contributed by atoms with Gasteiger partial charge in [0.05, 0.1) is 12.0 Å². The summed E-state index contributed by atoms with van der Waals surface area (Å²) in [5.41, 5.74) is 0.853. The van der Waals surface area contributed by atoms with Crippen LogP contribution in [-0.4, -0.2) is 51.6 Å². The molecule has 0 aromatic carbocycles. The highest BCUT2D eigenvalue weighted by molar-refractivity contribution is 7.07. The minimum Gasteiger partial charge on any atom is -0.459 e. The molecule has 0 radical (unpaired) electrons. The van der Waals surface area contributed by atoms with E-state index < -0.39 is 0 Å². The molecule has 1 amide bonds. The molecule has 0 unspecified atom stereocenters. The first-order valence-electron chi connectivity index (χ1n) is 7.95. The SMILES string of the molecule is Cc1nnsc1C(=O)N1CCN(c2oc(-c3ccco3)nc2C#N)CC1. The summed E-state index contributed by atoms with van der Waals surface area (Å²) < 4.78 is 14.8. The van der Waals surface area contributed by atoms with Crippen LogP contribution in [0.5, 0.6) is 0 Å². The number of hydrogen-bond donors (Lipinski definition) is 0. The number of rotatable bonds is 3. The minimum atomic E-state index is -0.0634. The second kappa shape index (κ2) is 6.61. The van der Waals surface area contributed by atoms with Gasteiger partial charge in [-0.25, -0.2) is 0 Å². The highest BCUT2D eigenvalue weighted by Crippen LogP contribution is 2.29. The fraction of sp³-hybridized carbons (Fsp3) is 0.312. The maximum absolute atomic E-state index is 12.5. The average Bonchev–Trinajstić information content (AvgIpc) is 3.41. The van der Waals surface area contributed by atoms with Crippen molar-refractivity contribution in [1.82, 2.24) is 19.5 Å². The van der Waals surface area contributed by atoms with E-state index in [2.05, 4.69) is 20.6 Å². The predicted octanol–water partition coefficient (Wildman–Crippen LogP) is 1.93. The number of nitrogens with zero attached hydrogens (tertiary/aromatic N) is 6. The molecule has 4 rings (SSSR count). The molecule has 10 heteroatoms. The van der Waals surface area contributed by atoms with E-state index in [1.54, 1.807) is 24.0 Å². The Balaban J connectivity index is 1.49. The third-order valence-corrected chi connectivity index (χ3v) is 4.96. The monoisotopic (exact) mass is 370 g/mol. The molecule has 0 atom stereocenters. The lowest BCUT2D eigenvalue weighted by Gasteiger charge is -2.34. The zero-order valence-corrected chi connectivity index (χ0v) is 14.7. The number of furan rings is 1. The number of anilines is 1. The fourth-order valence-corrected chi connectivity index (χ4v) is 3.41. The number of carbonyl (C=O) groups is 1. The van der Waals surface area contributed by atoms with Gasteiger partial charge in [-0.05, 0) is 30.6 Å². The van der Waals surface area contributed by atoms with Gasteiger partial charge in [-0.1, -0.05) is 4.49 Å². The van der Waals surface area contributed by atoms with Crippen molar-refractivity contribution in [2.45, 2.75) is 6.92 Å². The van der Waals surface area contributed by atoms with Crippen molar-refractivity contribution >= 4 is 23.3 Å². The summed E-state index contributed by atoms with van der Waals surface area (Å²) in [6.07, 6.45) is 1.52. The molecule has 0 bridgehead atoms. The molecule has 26 heavy (non-hydrogen) atoms. The number of amides is 1. The quantitative estimate of drug-likeness (QED) is 0.687. The van der Waals surface area contributed by atoms with Crippen LogP contribution in [0.15, 0.2) is 27.2 Å². The molecule has 0 spiro atoms. The van der Waals surface area contributed by atoms with Gasteiger partial charge in [0, 0.05) is 26.2 Å². The fourth-order valence-electron chi connectivity index (χ4n) is 2.79. The van der Waals surface area contributed by atoms with Crippen LogP contribution in [0, 0.1) is 18.3 Å². The Bertz CT molecular complexity index is 963. The van der Waals surface area contributed by atoms with Crippen LogP contribution >= 0.6 is 11.5 Å². The van der Waals surface area contributed by atoms with Crippen LogP contribution in [0.4, 0.5) is 5.88 Å². The van der Waals surface area contributed by atoms with Gasteiger partial charge in [0.15, 0.2) is 5.76 Å². The maximum Gasteiger partial charge on any atom is 0.267 e. The Morgan fingerprint density at radius 3 is 2.77 bits per heavy atom. The number of hydrogen-bond acceptors (Lipinski definition) is 9. The molecule has 9 nitrogen and oxygen atoms in total. The van der Waals surface area contributed by atoms with Gasteiger partial charge >= 0.3 is 0 Å². The van der Waals surface area contributed by atoms with E-state index in [4.69, 9.17) is 8.83 Å². The summed E-state index contributed by atoms with van der Waals surface area (Å²) >= 11 is 1.11. The lowest BCUT2D eigenvalue weighted by Crippen LogP contribution is -2.48. The standard InChI is InChI=1S/C16H14N6O3S/c1-10-13(26-20-19-10)15(23)21-4-6-22(7-5-21)16-11(9-17)18-14(25-16)12-3-2-8-24-12/h2-3,8H,4-7H2,1H3. The normalized spacial score (nSPS) is 14.5. The Kier molecular flexibility index (Phi) is 4.14. The Hall–Kier alpha value is -3.19. The van der Waals surface area contributed by atoms with Crippen LogP contribution in [-0.2, 0) is 0 Å². The van der Waals surface area contributed by atoms with Crippen molar-refractivity contribution in [2.75, 3.05) is 31.1 Å². The van der Waals surface area contributed by atoms with Crippen LogP contribution in [0.2, 0.25) is 0 Å². The summed E-state index contributed by atoms with van der Waals surface area (Å²) in [6.45, 7) is 3.88. The largest absolute Gasteiger partial charge is 0.459 e. The van der Waals surface area contributed by atoms with Crippen LogP contribution < -0.4 is 4.90 Å². The van der Waals surface area contributed by atoms with E-state index in [0.29, 0.717) is 48.4 Å². The molecular formula is C16H14N6O3S. The van der Waals surface area contributed by atoms with E-state index in [-0.39, 0.29) is 17.5 Å². The van der Waals surface area contributed by atoms with Crippen molar-refractivity contribution in [3.8, 4) is 17.7 Å². The van der Waals surface area contributed by atoms with E-state index in [1.807, 2.05) is 4.90 Å². The van der Waals surface area contributed by atoms with E-state index in [9.17, 15) is 10.1 Å². The number of carbonyl (C=O) groups excluding carboxylic acids is 1. The Morgan fingerprint density at radius 1 is 1.35 bits per heavy atom. The van der Waals surface area contributed by atoms with Gasteiger partial charge in [0.25, 0.3) is 11.8 Å². The highest BCUT2D eigenvalue weighted by Gasteiger charge is 2.28. The topological polar surface area (TPSA) is 112 Å². The van der Waals surface area contributed by atoms with Crippen molar-refractivity contribution in [3.05, 3.63) is 34.7 Å². The maximum atomic E-state index is 12.5. The second-order valence-corrected chi connectivity index (χ2v) is 6.48. The average molecular weight is 370 g/mol. The van der Waals surface area contributed by atoms with Crippen molar-refractivity contribution < 1.29 is 13.6 Å². The van der Waals surface area contributed by atoms with E-state index in [1.165, 1.54) is 6.26 Å². The van der Waals surface area contributed by atoms with Crippen LogP contribution in [0.25, 0.3) is 11.7 Å². The summed E-state index contributed by atoms with van der Waals surface area (Å²) in [7, 11) is 0. The number of aromatic nitrogens is 3. The first-order valence-corrected chi connectivity index (χ1v) is 8.72. The zero-order chi connectivity index (χ0) is 18.1. The Morgan fingerprint density at radius 2 is 2.15 bits per heavy atom. The van der Waals surface area contributed by atoms with E-state index in [0.717, 1.165) is 11.5 Å². The Labute approximate surface area is 152 Å². The number of oxazole rings is 1. The molecule has 1 aliphatic heterocycles. The predicted molar refractivity (Wildman–Crippen MR) is 91.7 cm³/mol. The molecule has 3 aromatic rings. The molecule has 0 aliphatic carbocycles. The molecule has 1 aliphatic rings. The molecule has 1 saturated heterocycles. The number of aryl methyl sites for hydroxylation is 1. The highest BCUT2D eigenvalue weighted by atomic mass is 32.1. The van der Waals surface area contributed by atoms with Crippen molar-refractivity contribution in [3.63, 3.8) is 0 Å². The van der Waals surface area contributed by atoms with Gasteiger partial charge in [-0.2, -0.15) is 10.2 Å². The molecular weight excluding hydrogens is 356 g/mol.